The Morgan fingerprint density at radius 3 is 2.63 bits per heavy atom. The van der Waals surface area contributed by atoms with Gasteiger partial charge in [-0.05, 0) is 55.2 Å². The number of carbonyl (C=O) groups is 1. The van der Waals surface area contributed by atoms with E-state index in [9.17, 15) is 9.90 Å². The van der Waals surface area contributed by atoms with Gasteiger partial charge in [-0.2, -0.15) is 0 Å². The molecule has 0 bridgehead atoms. The SMILES string of the molecule is O=C(COc1ccc(CN2C[C@H]3CC(O)C[C@H]3C2)cc1)NCC1CCCO1. The number of benzene rings is 1. The maximum absolute atomic E-state index is 11.9. The van der Waals surface area contributed by atoms with Crippen molar-refractivity contribution < 1.29 is 19.4 Å². The normalized spacial score (nSPS) is 30.4. The molecule has 2 aliphatic heterocycles. The molecule has 1 amide bonds. The molecule has 1 saturated carbocycles. The monoisotopic (exact) mass is 374 g/mol. The van der Waals surface area contributed by atoms with Crippen molar-refractivity contribution in [3.8, 4) is 5.75 Å². The number of aliphatic hydroxyl groups is 1. The van der Waals surface area contributed by atoms with Gasteiger partial charge in [-0.25, -0.2) is 0 Å². The summed E-state index contributed by atoms with van der Waals surface area (Å²) in [5.74, 6) is 1.93. The Labute approximate surface area is 160 Å². The third-order valence-corrected chi connectivity index (χ3v) is 6.05. The second-order valence-corrected chi connectivity index (χ2v) is 8.21. The fourth-order valence-electron chi connectivity index (χ4n) is 4.68. The van der Waals surface area contributed by atoms with Gasteiger partial charge in [0.2, 0.25) is 0 Å². The van der Waals surface area contributed by atoms with Crippen molar-refractivity contribution in [2.24, 2.45) is 11.8 Å². The molecule has 4 atom stereocenters. The Morgan fingerprint density at radius 2 is 1.96 bits per heavy atom. The summed E-state index contributed by atoms with van der Waals surface area (Å²) in [7, 11) is 0. The van der Waals surface area contributed by atoms with Crippen LogP contribution >= 0.6 is 0 Å². The first-order valence-electron chi connectivity index (χ1n) is 10.2. The maximum atomic E-state index is 11.9. The molecule has 4 rings (SSSR count). The fourth-order valence-corrected chi connectivity index (χ4v) is 4.68. The molecule has 2 unspecified atom stereocenters. The average Bonchev–Trinajstić information content (AvgIpc) is 3.36. The Morgan fingerprint density at radius 1 is 1.22 bits per heavy atom. The number of likely N-dealkylation sites (tertiary alicyclic amines) is 1. The smallest absolute Gasteiger partial charge is 0.258 e. The van der Waals surface area contributed by atoms with Gasteiger partial charge in [0.15, 0.2) is 6.61 Å². The van der Waals surface area contributed by atoms with Crippen LogP contribution in [0.15, 0.2) is 24.3 Å². The largest absolute Gasteiger partial charge is 0.484 e. The van der Waals surface area contributed by atoms with E-state index in [4.69, 9.17) is 9.47 Å². The van der Waals surface area contributed by atoms with Gasteiger partial charge in [0.25, 0.3) is 5.91 Å². The summed E-state index contributed by atoms with van der Waals surface area (Å²) in [5.41, 5.74) is 1.26. The molecule has 2 N–H and O–H groups in total. The first-order chi connectivity index (χ1) is 13.2. The second-order valence-electron chi connectivity index (χ2n) is 8.21. The van der Waals surface area contributed by atoms with Crippen molar-refractivity contribution in [1.82, 2.24) is 10.2 Å². The highest BCUT2D eigenvalue weighted by Crippen LogP contribution is 2.38. The highest BCUT2D eigenvalue weighted by molar-refractivity contribution is 5.77. The lowest BCUT2D eigenvalue weighted by Crippen LogP contribution is -2.35. The Bertz CT molecular complexity index is 616. The lowest BCUT2D eigenvalue weighted by molar-refractivity contribution is -0.123. The van der Waals surface area contributed by atoms with E-state index in [1.807, 2.05) is 12.1 Å². The van der Waals surface area contributed by atoms with Crippen LogP contribution in [0.3, 0.4) is 0 Å². The van der Waals surface area contributed by atoms with Gasteiger partial charge < -0.3 is 19.9 Å². The number of ether oxygens (including phenoxy) is 2. The quantitative estimate of drug-likeness (QED) is 0.758. The zero-order valence-electron chi connectivity index (χ0n) is 15.8. The molecule has 1 aliphatic carbocycles. The Kier molecular flexibility index (Phi) is 5.95. The summed E-state index contributed by atoms with van der Waals surface area (Å²) in [6.45, 7) is 4.50. The van der Waals surface area contributed by atoms with E-state index >= 15 is 0 Å². The van der Waals surface area contributed by atoms with Crippen molar-refractivity contribution in [3.63, 3.8) is 0 Å². The van der Waals surface area contributed by atoms with E-state index in [0.717, 1.165) is 51.9 Å². The van der Waals surface area contributed by atoms with Crippen LogP contribution in [0.2, 0.25) is 0 Å². The average molecular weight is 374 g/mol. The Balaban J connectivity index is 1.17. The topological polar surface area (TPSA) is 71.0 Å². The van der Waals surface area contributed by atoms with E-state index in [-0.39, 0.29) is 24.7 Å². The van der Waals surface area contributed by atoms with Crippen molar-refractivity contribution in [2.75, 3.05) is 32.8 Å². The molecule has 3 aliphatic rings. The van der Waals surface area contributed by atoms with E-state index < -0.39 is 0 Å². The van der Waals surface area contributed by atoms with Gasteiger partial charge in [0, 0.05) is 32.8 Å². The number of amides is 1. The van der Waals surface area contributed by atoms with Crippen LogP contribution in [0.5, 0.6) is 5.75 Å². The van der Waals surface area contributed by atoms with Crippen LogP contribution in [0, 0.1) is 11.8 Å². The maximum Gasteiger partial charge on any atom is 0.258 e. The number of hydrogen-bond donors (Lipinski definition) is 2. The van der Waals surface area contributed by atoms with Gasteiger partial charge in [-0.15, -0.1) is 0 Å². The summed E-state index contributed by atoms with van der Waals surface area (Å²) in [4.78, 5) is 14.4. The number of carbonyl (C=O) groups excluding carboxylic acids is 1. The van der Waals surface area contributed by atoms with E-state index in [1.165, 1.54) is 5.56 Å². The molecule has 1 aromatic carbocycles. The van der Waals surface area contributed by atoms with Crippen molar-refractivity contribution in [3.05, 3.63) is 29.8 Å². The minimum atomic E-state index is -0.111. The van der Waals surface area contributed by atoms with E-state index in [2.05, 4.69) is 22.3 Å². The number of rotatable bonds is 7. The molecule has 0 radical (unpaired) electrons. The third-order valence-electron chi connectivity index (χ3n) is 6.05. The summed E-state index contributed by atoms with van der Waals surface area (Å²) >= 11 is 0. The predicted molar refractivity (Wildman–Crippen MR) is 101 cm³/mol. The fraction of sp³-hybridized carbons (Fsp3) is 0.667. The molecule has 2 heterocycles. The molecule has 2 saturated heterocycles. The number of nitrogens with zero attached hydrogens (tertiary/aromatic N) is 1. The number of nitrogens with one attached hydrogen (secondary N) is 1. The first kappa shape index (κ1) is 18.7. The standard InChI is InChI=1S/C21H30N2O4/c24-18-8-16-12-23(13-17(16)9-18)11-15-3-5-19(6-4-15)27-14-21(25)22-10-20-2-1-7-26-20/h3-6,16-18,20,24H,1-2,7-14H2,(H,22,25)/t16-,17+,18?,20?. The summed E-state index contributed by atoms with van der Waals surface area (Å²) in [6.07, 6.45) is 4.08. The lowest BCUT2D eigenvalue weighted by atomic mass is 10.0. The highest BCUT2D eigenvalue weighted by Gasteiger charge is 2.39. The molecule has 27 heavy (non-hydrogen) atoms. The molecule has 148 valence electrons. The zero-order chi connectivity index (χ0) is 18.6. The molecule has 3 fully saturated rings. The highest BCUT2D eigenvalue weighted by atomic mass is 16.5. The van der Waals surface area contributed by atoms with E-state index in [1.54, 1.807) is 0 Å². The van der Waals surface area contributed by atoms with Crippen molar-refractivity contribution >= 4 is 5.91 Å². The second kappa shape index (κ2) is 8.59. The van der Waals surface area contributed by atoms with Crippen LogP contribution in [-0.2, 0) is 16.1 Å². The molecular weight excluding hydrogens is 344 g/mol. The predicted octanol–water partition coefficient (Wildman–Crippen LogP) is 1.56. The minimum Gasteiger partial charge on any atom is -0.484 e. The van der Waals surface area contributed by atoms with Gasteiger partial charge in [0.05, 0.1) is 12.2 Å². The molecule has 1 aromatic rings. The van der Waals surface area contributed by atoms with Crippen molar-refractivity contribution in [2.45, 2.75) is 44.4 Å². The van der Waals surface area contributed by atoms with E-state index in [0.29, 0.717) is 24.1 Å². The van der Waals surface area contributed by atoms with Gasteiger partial charge in [-0.3, -0.25) is 9.69 Å². The van der Waals surface area contributed by atoms with Crippen LogP contribution in [0.1, 0.15) is 31.2 Å². The van der Waals surface area contributed by atoms with Crippen LogP contribution < -0.4 is 10.1 Å². The molecule has 0 aromatic heterocycles. The first-order valence-corrected chi connectivity index (χ1v) is 10.2. The lowest BCUT2D eigenvalue weighted by Gasteiger charge is -2.18. The molecule has 6 heteroatoms. The van der Waals surface area contributed by atoms with Gasteiger partial charge in [-0.1, -0.05) is 12.1 Å². The van der Waals surface area contributed by atoms with Crippen LogP contribution in [0.4, 0.5) is 0 Å². The molecule has 6 nitrogen and oxygen atoms in total. The summed E-state index contributed by atoms with van der Waals surface area (Å²) < 4.78 is 11.1. The van der Waals surface area contributed by atoms with Crippen LogP contribution in [0.25, 0.3) is 0 Å². The number of hydrogen-bond acceptors (Lipinski definition) is 5. The third kappa shape index (κ3) is 5.00. The molecule has 0 spiro atoms. The summed E-state index contributed by atoms with van der Waals surface area (Å²) in [5, 5.41) is 12.6. The van der Waals surface area contributed by atoms with Crippen molar-refractivity contribution in [1.29, 1.82) is 0 Å². The number of fused-ring (bicyclic) bond motifs is 1. The van der Waals surface area contributed by atoms with Gasteiger partial charge >= 0.3 is 0 Å². The molecular formula is C21H30N2O4. The summed E-state index contributed by atoms with van der Waals surface area (Å²) in [6, 6.07) is 8.01. The van der Waals surface area contributed by atoms with Gasteiger partial charge in [0.1, 0.15) is 5.75 Å². The van der Waals surface area contributed by atoms with Crippen LogP contribution in [-0.4, -0.2) is 61.0 Å². The zero-order valence-corrected chi connectivity index (χ0v) is 15.8. The number of aliphatic hydroxyl groups excluding tert-OH is 1. The Hall–Kier alpha value is -1.63. The minimum absolute atomic E-state index is 0.0316.